The minimum absolute atomic E-state index is 0.0467. The van der Waals surface area contributed by atoms with E-state index in [0.29, 0.717) is 17.8 Å². The van der Waals surface area contributed by atoms with Crippen LogP contribution in [0, 0.1) is 6.92 Å². The van der Waals surface area contributed by atoms with Crippen LogP contribution in [-0.2, 0) is 0 Å². The van der Waals surface area contributed by atoms with Gasteiger partial charge in [-0.25, -0.2) is 0 Å². The van der Waals surface area contributed by atoms with Crippen LogP contribution in [0.3, 0.4) is 0 Å². The summed E-state index contributed by atoms with van der Waals surface area (Å²) >= 11 is 0. The highest BCUT2D eigenvalue weighted by molar-refractivity contribution is 5.96. The van der Waals surface area contributed by atoms with E-state index in [2.05, 4.69) is 10.2 Å². The number of likely N-dealkylation sites (N-methyl/N-ethyl adjacent to an activating group) is 1. The Hall–Kier alpha value is -2.53. The van der Waals surface area contributed by atoms with Crippen LogP contribution in [0.25, 0.3) is 0 Å². The number of carbonyl (C=O) groups is 1. The number of anilines is 1. The van der Waals surface area contributed by atoms with Crippen molar-refractivity contribution in [2.45, 2.75) is 13.0 Å². The zero-order chi connectivity index (χ0) is 17.7. The summed E-state index contributed by atoms with van der Waals surface area (Å²) in [5, 5.41) is 3.01. The number of nitrogens with one attached hydrogen (secondary N) is 1. The second-order valence-corrected chi connectivity index (χ2v) is 6.04. The Morgan fingerprint density at radius 1 is 1.25 bits per heavy atom. The molecule has 0 saturated heterocycles. The van der Waals surface area contributed by atoms with Gasteiger partial charge >= 0.3 is 0 Å². The zero-order valence-electron chi connectivity index (χ0n) is 14.7. The molecule has 0 bridgehead atoms. The molecule has 3 N–H and O–H groups in total. The van der Waals surface area contributed by atoms with Crippen LogP contribution in [0.15, 0.2) is 42.5 Å². The van der Waals surface area contributed by atoms with Crippen molar-refractivity contribution in [2.75, 3.05) is 33.5 Å². The van der Waals surface area contributed by atoms with Gasteiger partial charge in [-0.3, -0.25) is 4.79 Å². The molecule has 2 rings (SSSR count). The van der Waals surface area contributed by atoms with Crippen molar-refractivity contribution >= 4 is 11.6 Å². The van der Waals surface area contributed by atoms with Crippen molar-refractivity contribution in [3.63, 3.8) is 0 Å². The number of benzene rings is 2. The smallest absolute Gasteiger partial charge is 0.251 e. The Morgan fingerprint density at radius 2 is 2.00 bits per heavy atom. The Balaban J connectivity index is 2.14. The summed E-state index contributed by atoms with van der Waals surface area (Å²) in [6.07, 6.45) is 0. The highest BCUT2D eigenvalue weighted by Gasteiger charge is 2.17. The van der Waals surface area contributed by atoms with Crippen LogP contribution in [0.1, 0.15) is 27.5 Å². The number of nitrogens with two attached hydrogens (primary N) is 1. The second-order valence-electron chi connectivity index (χ2n) is 6.04. The van der Waals surface area contributed by atoms with E-state index in [1.807, 2.05) is 51.4 Å². The lowest BCUT2D eigenvalue weighted by Gasteiger charge is -2.25. The zero-order valence-corrected chi connectivity index (χ0v) is 14.7. The molecule has 0 heterocycles. The molecule has 0 saturated carbocycles. The van der Waals surface area contributed by atoms with E-state index >= 15 is 0 Å². The number of nitrogen functional groups attached to an aromatic ring is 1. The van der Waals surface area contributed by atoms with E-state index in [0.717, 1.165) is 16.9 Å². The molecule has 0 aliphatic rings. The van der Waals surface area contributed by atoms with Crippen LogP contribution in [0.2, 0.25) is 0 Å². The van der Waals surface area contributed by atoms with Crippen molar-refractivity contribution in [1.29, 1.82) is 0 Å². The van der Waals surface area contributed by atoms with Gasteiger partial charge in [-0.15, -0.1) is 0 Å². The maximum Gasteiger partial charge on any atom is 0.251 e. The molecule has 128 valence electrons. The third-order valence-corrected chi connectivity index (χ3v) is 4.06. The average molecular weight is 327 g/mol. The molecule has 1 unspecified atom stereocenters. The summed E-state index contributed by atoms with van der Waals surface area (Å²) < 4.78 is 5.29. The molecule has 1 atom stereocenters. The largest absolute Gasteiger partial charge is 0.497 e. The number of hydrogen-bond donors (Lipinski definition) is 2. The van der Waals surface area contributed by atoms with Gasteiger partial charge in [-0.1, -0.05) is 18.2 Å². The lowest BCUT2D eigenvalue weighted by molar-refractivity contribution is 0.0941. The first-order valence-electron chi connectivity index (χ1n) is 7.87. The second kappa shape index (κ2) is 7.84. The molecule has 1 amide bonds. The molecule has 2 aromatic rings. The third-order valence-electron chi connectivity index (χ3n) is 4.06. The molecular formula is C19H25N3O2. The monoisotopic (exact) mass is 327 g/mol. The first-order chi connectivity index (χ1) is 11.4. The molecule has 0 aromatic heterocycles. The molecule has 24 heavy (non-hydrogen) atoms. The first kappa shape index (κ1) is 17.8. The van der Waals surface area contributed by atoms with Crippen LogP contribution in [0.5, 0.6) is 5.75 Å². The van der Waals surface area contributed by atoms with E-state index in [-0.39, 0.29) is 11.9 Å². The van der Waals surface area contributed by atoms with Gasteiger partial charge in [0.05, 0.1) is 13.2 Å². The molecule has 5 nitrogen and oxygen atoms in total. The third kappa shape index (κ3) is 4.26. The Morgan fingerprint density at radius 3 is 2.67 bits per heavy atom. The summed E-state index contributed by atoms with van der Waals surface area (Å²) in [4.78, 5) is 14.6. The fraction of sp³-hybridized carbons (Fsp3) is 0.316. The number of aryl methyl sites for hydroxylation is 1. The van der Waals surface area contributed by atoms with Crippen molar-refractivity contribution in [3.05, 3.63) is 59.2 Å². The summed E-state index contributed by atoms with van der Waals surface area (Å²) in [6.45, 7) is 2.40. The van der Waals surface area contributed by atoms with Crippen LogP contribution < -0.4 is 15.8 Å². The van der Waals surface area contributed by atoms with Gasteiger partial charge in [0.2, 0.25) is 0 Å². The highest BCUT2D eigenvalue weighted by Crippen LogP contribution is 2.22. The summed E-state index contributed by atoms with van der Waals surface area (Å²) in [5.74, 6) is 0.687. The van der Waals surface area contributed by atoms with E-state index < -0.39 is 0 Å². The normalized spacial score (nSPS) is 12.0. The number of rotatable bonds is 6. The number of carbonyl (C=O) groups excluding carboxylic acids is 1. The number of ether oxygens (including phenoxy) is 1. The summed E-state index contributed by atoms with van der Waals surface area (Å²) in [6, 6.07) is 13.3. The van der Waals surface area contributed by atoms with Crippen molar-refractivity contribution in [1.82, 2.24) is 10.2 Å². The fourth-order valence-electron chi connectivity index (χ4n) is 2.62. The minimum Gasteiger partial charge on any atom is -0.497 e. The van der Waals surface area contributed by atoms with E-state index in [1.165, 1.54) is 0 Å². The number of methoxy groups -OCH3 is 1. The molecule has 0 aliphatic carbocycles. The molecular weight excluding hydrogens is 302 g/mol. The minimum atomic E-state index is -0.116. The van der Waals surface area contributed by atoms with E-state index in [4.69, 9.17) is 10.5 Å². The van der Waals surface area contributed by atoms with Crippen LogP contribution in [0.4, 0.5) is 5.69 Å². The summed E-state index contributed by atoms with van der Waals surface area (Å²) in [7, 11) is 5.62. The fourth-order valence-corrected chi connectivity index (χ4v) is 2.62. The summed E-state index contributed by atoms with van der Waals surface area (Å²) in [5.41, 5.74) is 8.98. The van der Waals surface area contributed by atoms with Gasteiger partial charge < -0.3 is 20.7 Å². The van der Waals surface area contributed by atoms with Crippen LogP contribution in [-0.4, -0.2) is 38.6 Å². The molecule has 0 radical (unpaired) electrons. The van der Waals surface area contributed by atoms with Gasteiger partial charge in [0, 0.05) is 17.8 Å². The SMILES string of the molecule is COc1cccc(C(CNC(=O)c2cc(N)ccc2C)N(C)C)c1. The Kier molecular flexibility index (Phi) is 5.82. The highest BCUT2D eigenvalue weighted by atomic mass is 16.5. The van der Waals surface area contributed by atoms with Crippen LogP contribution >= 0.6 is 0 Å². The number of amides is 1. The maximum atomic E-state index is 12.5. The van der Waals surface area contributed by atoms with Gasteiger partial charge in [-0.05, 0) is 56.4 Å². The average Bonchev–Trinajstić information content (AvgIpc) is 2.57. The topological polar surface area (TPSA) is 67.6 Å². The standard InChI is InChI=1S/C19H25N3O2/c1-13-8-9-15(20)11-17(13)19(23)21-12-18(22(2)3)14-6-5-7-16(10-14)24-4/h5-11,18H,12,20H2,1-4H3,(H,21,23). The first-order valence-corrected chi connectivity index (χ1v) is 7.87. The predicted molar refractivity (Wildman–Crippen MR) is 97.3 cm³/mol. The Labute approximate surface area is 143 Å². The van der Waals surface area contributed by atoms with E-state index in [9.17, 15) is 4.79 Å². The Bertz CT molecular complexity index is 714. The predicted octanol–water partition coefficient (Wildman–Crippen LogP) is 2.62. The van der Waals surface area contributed by atoms with Gasteiger partial charge in [0.15, 0.2) is 0 Å². The molecule has 0 spiro atoms. The molecule has 2 aromatic carbocycles. The number of hydrogen-bond acceptors (Lipinski definition) is 4. The van der Waals surface area contributed by atoms with Gasteiger partial charge in [0.1, 0.15) is 5.75 Å². The van der Waals surface area contributed by atoms with Crippen molar-refractivity contribution in [2.24, 2.45) is 0 Å². The lowest BCUT2D eigenvalue weighted by Crippen LogP contribution is -2.34. The van der Waals surface area contributed by atoms with Gasteiger partial charge in [0.25, 0.3) is 5.91 Å². The lowest BCUT2D eigenvalue weighted by atomic mass is 10.0. The quantitative estimate of drug-likeness (QED) is 0.800. The molecule has 5 heteroatoms. The van der Waals surface area contributed by atoms with Gasteiger partial charge in [-0.2, -0.15) is 0 Å². The van der Waals surface area contributed by atoms with Crippen molar-refractivity contribution < 1.29 is 9.53 Å². The maximum absolute atomic E-state index is 12.5. The number of nitrogens with zero attached hydrogens (tertiary/aromatic N) is 1. The molecule has 0 aliphatic heterocycles. The van der Waals surface area contributed by atoms with Crippen molar-refractivity contribution in [3.8, 4) is 5.75 Å². The van der Waals surface area contributed by atoms with E-state index in [1.54, 1.807) is 19.2 Å². The molecule has 0 fully saturated rings.